The molecule has 6 nitrogen and oxygen atoms in total. The molecule has 7 heteroatoms. The zero-order valence-electron chi connectivity index (χ0n) is 14.4. The molecule has 1 N–H and O–H groups in total. The van der Waals surface area contributed by atoms with E-state index in [0.717, 1.165) is 25.3 Å². The van der Waals surface area contributed by atoms with E-state index in [4.69, 9.17) is 0 Å². The molecule has 130 valence electrons. The summed E-state index contributed by atoms with van der Waals surface area (Å²) in [6.07, 6.45) is 2.97. The first kappa shape index (κ1) is 17.1. The van der Waals surface area contributed by atoms with Gasteiger partial charge in [-0.1, -0.05) is 29.3 Å². The Morgan fingerprint density at radius 3 is 2.62 bits per heavy atom. The molecule has 0 saturated heterocycles. The van der Waals surface area contributed by atoms with E-state index in [2.05, 4.69) is 46.8 Å². The van der Waals surface area contributed by atoms with Gasteiger partial charge < -0.3 is 0 Å². The highest BCUT2D eigenvalue weighted by Gasteiger charge is 2.26. The minimum Gasteiger partial charge on any atom is -0.291 e. The molecule has 0 spiro atoms. The van der Waals surface area contributed by atoms with Crippen LogP contribution in [0.1, 0.15) is 28.4 Å². The quantitative estimate of drug-likeness (QED) is 0.891. The van der Waals surface area contributed by atoms with Crippen LogP contribution in [0.15, 0.2) is 30.5 Å². The second-order valence-electron chi connectivity index (χ2n) is 6.71. The van der Waals surface area contributed by atoms with Crippen LogP contribution in [-0.2, 0) is 23.1 Å². The van der Waals surface area contributed by atoms with E-state index in [0.29, 0.717) is 6.54 Å². The molecule has 1 atom stereocenters. The highest BCUT2D eigenvalue weighted by Crippen LogP contribution is 2.22. The lowest BCUT2D eigenvalue weighted by atomic mass is 10.1. The van der Waals surface area contributed by atoms with E-state index < -0.39 is 10.0 Å². The fourth-order valence-corrected chi connectivity index (χ4v) is 3.90. The van der Waals surface area contributed by atoms with Crippen LogP contribution < -0.4 is 4.72 Å². The molecule has 0 aliphatic carbocycles. The lowest BCUT2D eigenvalue weighted by Gasteiger charge is -2.34. The first-order valence-electron chi connectivity index (χ1n) is 8.07. The number of rotatable bonds is 5. The zero-order chi connectivity index (χ0) is 17.3. The van der Waals surface area contributed by atoms with Gasteiger partial charge in [-0.25, -0.2) is 13.1 Å². The Morgan fingerprint density at radius 2 is 1.96 bits per heavy atom. The minimum atomic E-state index is -3.21. The SMILES string of the molecule is Cc1cc(C)cc(CN2Cc3ccnn3C(CNS(C)(=O)=O)C2)c1. The number of fused-ring (bicyclic) bond motifs is 1. The molecule has 0 bridgehead atoms. The molecular weight excluding hydrogens is 324 g/mol. The van der Waals surface area contributed by atoms with Crippen molar-refractivity contribution in [2.75, 3.05) is 19.3 Å². The third-order valence-electron chi connectivity index (χ3n) is 4.22. The van der Waals surface area contributed by atoms with Gasteiger partial charge in [-0.2, -0.15) is 5.10 Å². The fraction of sp³-hybridized carbons (Fsp3) is 0.471. The van der Waals surface area contributed by atoms with Crippen molar-refractivity contribution in [3.8, 4) is 0 Å². The first-order chi connectivity index (χ1) is 11.3. The number of aryl methyl sites for hydroxylation is 2. The van der Waals surface area contributed by atoms with Crippen molar-refractivity contribution in [1.82, 2.24) is 19.4 Å². The van der Waals surface area contributed by atoms with Crippen molar-refractivity contribution in [2.24, 2.45) is 0 Å². The maximum Gasteiger partial charge on any atom is 0.208 e. The molecule has 0 amide bonds. The molecular formula is C17H24N4O2S. The molecule has 24 heavy (non-hydrogen) atoms. The summed E-state index contributed by atoms with van der Waals surface area (Å²) in [5.41, 5.74) is 4.94. The van der Waals surface area contributed by atoms with Gasteiger partial charge in [0.25, 0.3) is 0 Å². The second-order valence-corrected chi connectivity index (χ2v) is 8.54. The summed E-state index contributed by atoms with van der Waals surface area (Å²) >= 11 is 0. The summed E-state index contributed by atoms with van der Waals surface area (Å²) in [6, 6.07) is 8.60. The molecule has 2 aromatic rings. The summed E-state index contributed by atoms with van der Waals surface area (Å²) in [7, 11) is -3.21. The van der Waals surface area contributed by atoms with E-state index in [1.807, 2.05) is 10.7 Å². The van der Waals surface area contributed by atoms with Crippen LogP contribution in [0.4, 0.5) is 0 Å². The molecule has 1 aliphatic rings. The number of nitrogens with zero attached hydrogens (tertiary/aromatic N) is 3. The van der Waals surface area contributed by atoms with Crippen LogP contribution in [0.2, 0.25) is 0 Å². The van der Waals surface area contributed by atoms with Crippen LogP contribution in [0, 0.1) is 13.8 Å². The van der Waals surface area contributed by atoms with Gasteiger partial charge in [0.2, 0.25) is 10.0 Å². The van der Waals surface area contributed by atoms with Gasteiger partial charge in [0.05, 0.1) is 18.0 Å². The van der Waals surface area contributed by atoms with Gasteiger partial charge in [0, 0.05) is 32.4 Å². The predicted molar refractivity (Wildman–Crippen MR) is 94.1 cm³/mol. The van der Waals surface area contributed by atoms with Crippen LogP contribution >= 0.6 is 0 Å². The van der Waals surface area contributed by atoms with Gasteiger partial charge in [-0.05, 0) is 25.5 Å². The fourth-order valence-electron chi connectivity index (χ4n) is 3.40. The van der Waals surface area contributed by atoms with E-state index in [1.165, 1.54) is 22.9 Å². The third-order valence-corrected chi connectivity index (χ3v) is 4.91. The lowest BCUT2D eigenvalue weighted by molar-refractivity contribution is 0.168. The largest absolute Gasteiger partial charge is 0.291 e. The van der Waals surface area contributed by atoms with Crippen molar-refractivity contribution < 1.29 is 8.42 Å². The van der Waals surface area contributed by atoms with Crippen molar-refractivity contribution in [3.05, 3.63) is 52.8 Å². The van der Waals surface area contributed by atoms with E-state index >= 15 is 0 Å². The highest BCUT2D eigenvalue weighted by molar-refractivity contribution is 7.88. The van der Waals surface area contributed by atoms with Crippen molar-refractivity contribution in [2.45, 2.75) is 33.0 Å². The molecule has 3 rings (SSSR count). The molecule has 1 aromatic heterocycles. The topological polar surface area (TPSA) is 67.2 Å². The minimum absolute atomic E-state index is 0.00406. The monoisotopic (exact) mass is 348 g/mol. The molecule has 1 aromatic carbocycles. The van der Waals surface area contributed by atoms with Gasteiger partial charge in [0.1, 0.15) is 0 Å². The number of hydrogen-bond acceptors (Lipinski definition) is 4. The first-order valence-corrected chi connectivity index (χ1v) is 9.96. The van der Waals surface area contributed by atoms with Gasteiger partial charge in [-0.15, -0.1) is 0 Å². The lowest BCUT2D eigenvalue weighted by Crippen LogP contribution is -2.42. The third kappa shape index (κ3) is 4.23. The Labute approximate surface area is 143 Å². The molecule has 0 saturated carbocycles. The van der Waals surface area contributed by atoms with Gasteiger partial charge in [-0.3, -0.25) is 9.58 Å². The van der Waals surface area contributed by atoms with Gasteiger partial charge in [0.15, 0.2) is 0 Å². The summed E-state index contributed by atoms with van der Waals surface area (Å²) in [6.45, 7) is 7.02. The summed E-state index contributed by atoms with van der Waals surface area (Å²) in [5, 5.41) is 4.36. The maximum absolute atomic E-state index is 11.4. The number of aromatic nitrogens is 2. The van der Waals surface area contributed by atoms with Crippen LogP contribution in [0.3, 0.4) is 0 Å². The molecule has 2 heterocycles. The van der Waals surface area contributed by atoms with E-state index in [9.17, 15) is 8.42 Å². The Kier molecular flexibility index (Phi) is 4.76. The summed E-state index contributed by atoms with van der Waals surface area (Å²) in [5.74, 6) is 0. The highest BCUT2D eigenvalue weighted by atomic mass is 32.2. The predicted octanol–water partition coefficient (Wildman–Crippen LogP) is 1.61. The van der Waals surface area contributed by atoms with Crippen LogP contribution in [0.5, 0.6) is 0 Å². The molecule has 1 unspecified atom stereocenters. The van der Waals surface area contributed by atoms with E-state index in [-0.39, 0.29) is 6.04 Å². The Bertz CT molecular complexity index is 809. The normalized spacial score (nSPS) is 18.5. The van der Waals surface area contributed by atoms with Gasteiger partial charge >= 0.3 is 0 Å². The summed E-state index contributed by atoms with van der Waals surface area (Å²) < 4.78 is 27.4. The number of hydrogen-bond donors (Lipinski definition) is 1. The number of nitrogens with one attached hydrogen (secondary N) is 1. The standard InChI is InChI=1S/C17H24N4O2S/c1-13-6-14(2)8-15(7-13)10-20-11-16-4-5-18-21(16)17(12-20)9-19-24(3,22)23/h4-8,17,19H,9-12H2,1-3H3. The Balaban J connectivity index is 1.76. The average Bonchev–Trinajstić information content (AvgIpc) is 2.91. The maximum atomic E-state index is 11.4. The second kappa shape index (κ2) is 6.66. The van der Waals surface area contributed by atoms with Crippen LogP contribution in [0.25, 0.3) is 0 Å². The molecule has 0 radical (unpaired) electrons. The smallest absolute Gasteiger partial charge is 0.208 e. The zero-order valence-corrected chi connectivity index (χ0v) is 15.2. The van der Waals surface area contributed by atoms with Crippen molar-refractivity contribution in [1.29, 1.82) is 0 Å². The molecule has 0 fully saturated rings. The summed E-state index contributed by atoms with van der Waals surface area (Å²) in [4.78, 5) is 2.35. The Morgan fingerprint density at radius 1 is 1.25 bits per heavy atom. The van der Waals surface area contributed by atoms with E-state index in [1.54, 1.807) is 6.20 Å². The number of sulfonamides is 1. The molecule has 1 aliphatic heterocycles. The van der Waals surface area contributed by atoms with Crippen LogP contribution in [-0.4, -0.2) is 42.4 Å². The number of benzene rings is 1. The van der Waals surface area contributed by atoms with Crippen molar-refractivity contribution in [3.63, 3.8) is 0 Å². The average molecular weight is 348 g/mol. The Hall–Kier alpha value is -1.70. The van der Waals surface area contributed by atoms with Crippen molar-refractivity contribution >= 4 is 10.0 Å².